The van der Waals surface area contributed by atoms with E-state index in [0.717, 1.165) is 0 Å². The van der Waals surface area contributed by atoms with Crippen molar-refractivity contribution in [2.24, 2.45) is 5.73 Å². The average Bonchev–Trinajstić information content (AvgIpc) is 2.91. The molecule has 30 heavy (non-hydrogen) atoms. The second-order valence-electron chi connectivity index (χ2n) is 5.91. The average molecular weight is 523 g/mol. The van der Waals surface area contributed by atoms with E-state index in [2.05, 4.69) is 5.10 Å². The second-order valence-corrected chi connectivity index (χ2v) is 9.75. The molecule has 0 aromatic carbocycles. The third-order valence-corrected chi connectivity index (χ3v) is 6.48. The Bertz CT molecular complexity index is 1080. The zero-order valence-corrected chi connectivity index (χ0v) is 17.1. The number of rotatable bonds is 4. The molecule has 0 saturated carbocycles. The molecule has 3 unspecified atom stereocenters. The van der Waals surface area contributed by atoms with Gasteiger partial charge in [0.05, 0.1) is 4.90 Å². The molecule has 1 heterocycles. The van der Waals surface area contributed by atoms with Crippen LogP contribution >= 0.6 is 35.0 Å². The lowest BCUT2D eigenvalue weighted by Gasteiger charge is -2.49. The lowest BCUT2D eigenvalue weighted by atomic mass is 9.87. The van der Waals surface area contributed by atoms with Crippen LogP contribution in [-0.2, 0) is 15.9 Å². The zero-order valence-electron chi connectivity index (χ0n) is 14.0. The van der Waals surface area contributed by atoms with Gasteiger partial charge in [-0.05, 0) is 11.8 Å². The van der Waals surface area contributed by atoms with Crippen LogP contribution in [-0.4, -0.2) is 44.1 Å². The van der Waals surface area contributed by atoms with Gasteiger partial charge >= 0.3 is 11.1 Å². The minimum Gasteiger partial charge on any atom is -0.302 e. The van der Waals surface area contributed by atoms with Crippen molar-refractivity contribution in [2.45, 2.75) is 38.9 Å². The van der Waals surface area contributed by atoms with Crippen molar-refractivity contribution >= 4 is 45.1 Å². The highest BCUT2D eigenvalue weighted by Crippen LogP contribution is 2.64. The first-order chi connectivity index (χ1) is 13.2. The summed E-state index contributed by atoms with van der Waals surface area (Å²) in [6.07, 6.45) is 0.0725. The van der Waals surface area contributed by atoms with Crippen molar-refractivity contribution < 1.29 is 43.7 Å². The fourth-order valence-corrected chi connectivity index (χ4v) is 4.85. The van der Waals surface area contributed by atoms with E-state index in [0.29, 0.717) is 6.92 Å². The Morgan fingerprint density at radius 1 is 1.33 bits per heavy atom. The summed E-state index contributed by atoms with van der Waals surface area (Å²) in [7, 11) is -6.28. The minimum absolute atomic E-state index is 0.0725. The van der Waals surface area contributed by atoms with Gasteiger partial charge in [-0.2, -0.15) is 36.3 Å². The standard InChI is InChI=1S/C12H7Cl2F7N4O3S2/c1-8(16,17)29-5-3-25(24-4(5)2-22)12(21)9(13,23)6(15)7(30(26,27)28)10(18,19)11(12,14)20/h3H,23H2,1H3,(H,26,27,28). The number of halogens is 9. The van der Waals surface area contributed by atoms with Gasteiger partial charge in [-0.25, -0.2) is 17.9 Å². The largest absolute Gasteiger partial charge is 0.341 e. The van der Waals surface area contributed by atoms with Crippen molar-refractivity contribution in [3.05, 3.63) is 22.6 Å². The second kappa shape index (κ2) is 6.87. The van der Waals surface area contributed by atoms with Crippen molar-refractivity contribution in [1.29, 1.82) is 5.26 Å². The smallest absolute Gasteiger partial charge is 0.302 e. The van der Waals surface area contributed by atoms with Gasteiger partial charge in [-0.1, -0.05) is 23.2 Å². The first-order valence-corrected chi connectivity index (χ1v) is 10.0. The van der Waals surface area contributed by atoms with Gasteiger partial charge in [0.2, 0.25) is 5.00 Å². The van der Waals surface area contributed by atoms with Crippen LogP contribution in [0.15, 0.2) is 21.8 Å². The van der Waals surface area contributed by atoms with Crippen LogP contribution in [0.3, 0.4) is 0 Å². The molecule has 3 atom stereocenters. The number of nitrogens with two attached hydrogens (primary N) is 1. The Labute approximate surface area is 177 Å². The minimum atomic E-state index is -6.28. The highest BCUT2D eigenvalue weighted by atomic mass is 35.5. The van der Waals surface area contributed by atoms with Gasteiger partial charge in [0.1, 0.15) is 6.07 Å². The summed E-state index contributed by atoms with van der Waals surface area (Å²) in [5.74, 6) is -13.7. The normalized spacial score (nSPS) is 32.2. The van der Waals surface area contributed by atoms with Crippen molar-refractivity contribution in [2.75, 3.05) is 0 Å². The third kappa shape index (κ3) is 3.35. The van der Waals surface area contributed by atoms with Crippen LogP contribution in [0.2, 0.25) is 0 Å². The SMILES string of the molecule is CC(F)(F)Sc1cn(C2(F)C(N)(Cl)C(F)=C(S(=O)(=O)O)C(F)(F)C2(F)Cl)nc1C#N. The number of hydrogen-bond donors (Lipinski definition) is 2. The topological polar surface area (TPSA) is 122 Å². The lowest BCUT2D eigenvalue weighted by molar-refractivity contribution is -0.196. The van der Waals surface area contributed by atoms with Crippen LogP contribution in [0, 0.1) is 11.3 Å². The molecule has 1 aromatic heterocycles. The fourth-order valence-electron chi connectivity index (χ4n) is 2.47. The van der Waals surface area contributed by atoms with E-state index < -0.39 is 75.0 Å². The summed E-state index contributed by atoms with van der Waals surface area (Å²) in [6.45, 7) is 0.326. The highest BCUT2D eigenvalue weighted by molar-refractivity contribution is 8.00. The molecule has 7 nitrogen and oxygen atoms in total. The summed E-state index contributed by atoms with van der Waals surface area (Å²) in [6, 6.07) is 1.18. The molecule has 0 amide bonds. The van der Waals surface area contributed by atoms with Gasteiger partial charge < -0.3 is 5.73 Å². The Morgan fingerprint density at radius 3 is 2.23 bits per heavy atom. The highest BCUT2D eigenvalue weighted by Gasteiger charge is 2.83. The Kier molecular flexibility index (Phi) is 5.73. The summed E-state index contributed by atoms with van der Waals surface area (Å²) >= 11 is 9.87. The molecule has 1 aliphatic carbocycles. The molecule has 1 aliphatic rings. The van der Waals surface area contributed by atoms with Crippen LogP contribution < -0.4 is 5.73 Å². The molecule has 0 saturated heterocycles. The Hall–Kier alpha value is -1.25. The molecule has 2 rings (SSSR count). The van der Waals surface area contributed by atoms with Gasteiger partial charge in [-0.15, -0.1) is 0 Å². The monoisotopic (exact) mass is 522 g/mol. The molecule has 168 valence electrons. The number of nitriles is 1. The van der Waals surface area contributed by atoms with Gasteiger partial charge in [0.15, 0.2) is 16.4 Å². The van der Waals surface area contributed by atoms with Crippen molar-refractivity contribution in [3.63, 3.8) is 0 Å². The zero-order chi connectivity index (χ0) is 23.7. The first kappa shape index (κ1) is 25.0. The fraction of sp³-hybridized carbons (Fsp3) is 0.500. The maximum absolute atomic E-state index is 15.7. The Morgan fingerprint density at radius 2 is 1.83 bits per heavy atom. The van der Waals surface area contributed by atoms with E-state index in [1.165, 1.54) is 6.07 Å². The molecule has 0 bridgehead atoms. The van der Waals surface area contributed by atoms with E-state index in [4.69, 9.17) is 38.8 Å². The quantitative estimate of drug-likeness (QED) is 0.203. The number of nitrogens with zero attached hydrogens (tertiary/aromatic N) is 3. The molecule has 0 fully saturated rings. The van der Waals surface area contributed by atoms with E-state index in [-0.39, 0.29) is 6.20 Å². The number of thioether (sulfide) groups is 1. The molecule has 3 N–H and O–H groups in total. The molecule has 1 aromatic rings. The van der Waals surface area contributed by atoms with E-state index in [1.54, 1.807) is 0 Å². The lowest BCUT2D eigenvalue weighted by Crippen LogP contribution is -2.73. The number of hydrogen-bond acceptors (Lipinski definition) is 6. The number of aromatic nitrogens is 2. The summed E-state index contributed by atoms with van der Waals surface area (Å²) < 4.78 is 131. The third-order valence-electron chi connectivity index (χ3n) is 3.75. The number of allylic oxidation sites excluding steroid dienone is 1. The summed E-state index contributed by atoms with van der Waals surface area (Å²) in [4.78, 5) is -8.16. The molecule has 18 heteroatoms. The van der Waals surface area contributed by atoms with E-state index in [1.807, 2.05) is 0 Å². The maximum Gasteiger partial charge on any atom is 0.341 e. The molecule has 0 radical (unpaired) electrons. The van der Waals surface area contributed by atoms with E-state index in [9.17, 15) is 30.4 Å². The molecular formula is C12H7Cl2F7N4O3S2. The first-order valence-electron chi connectivity index (χ1n) is 7.04. The van der Waals surface area contributed by atoms with Gasteiger partial charge in [-0.3, -0.25) is 4.55 Å². The predicted octanol–water partition coefficient (Wildman–Crippen LogP) is 3.60. The summed E-state index contributed by atoms with van der Waals surface area (Å²) in [5, 5.41) is 2.93. The van der Waals surface area contributed by atoms with Crippen molar-refractivity contribution in [1.82, 2.24) is 9.78 Å². The predicted molar refractivity (Wildman–Crippen MR) is 89.6 cm³/mol. The van der Waals surface area contributed by atoms with Crippen LogP contribution in [0.25, 0.3) is 0 Å². The van der Waals surface area contributed by atoms with Gasteiger partial charge in [0.25, 0.3) is 21.2 Å². The maximum atomic E-state index is 15.7. The summed E-state index contributed by atoms with van der Waals surface area (Å²) in [5.41, 5.74) is 4.01. The van der Waals surface area contributed by atoms with Crippen LogP contribution in [0.4, 0.5) is 30.7 Å². The van der Waals surface area contributed by atoms with Crippen LogP contribution in [0.5, 0.6) is 0 Å². The van der Waals surface area contributed by atoms with Gasteiger partial charge in [0, 0.05) is 13.1 Å². The molecule has 0 spiro atoms. The van der Waals surface area contributed by atoms with E-state index >= 15 is 8.78 Å². The molecular weight excluding hydrogens is 516 g/mol. The van der Waals surface area contributed by atoms with Crippen molar-refractivity contribution in [3.8, 4) is 6.07 Å². The molecule has 0 aliphatic heterocycles. The Balaban J connectivity index is 2.93. The number of alkyl halides is 8. The van der Waals surface area contributed by atoms with Crippen LogP contribution in [0.1, 0.15) is 12.6 Å².